The van der Waals surface area contributed by atoms with Gasteiger partial charge in [-0.05, 0) is 25.0 Å². The first kappa shape index (κ1) is 15.2. The van der Waals surface area contributed by atoms with E-state index in [4.69, 9.17) is 11.6 Å². The van der Waals surface area contributed by atoms with Gasteiger partial charge < -0.3 is 5.32 Å². The lowest BCUT2D eigenvalue weighted by Gasteiger charge is -2.32. The number of aromatic nitrogens is 1. The molecular weight excluding hydrogens is 302 g/mol. The molecule has 1 atom stereocenters. The van der Waals surface area contributed by atoms with Gasteiger partial charge in [-0.2, -0.15) is 4.31 Å². The van der Waals surface area contributed by atoms with E-state index in [1.165, 1.54) is 29.6 Å². The summed E-state index contributed by atoms with van der Waals surface area (Å²) in [4.78, 5) is 15.0. The molecule has 110 valence electrons. The number of nitrogens with one attached hydrogen (secondary N) is 1. The molecule has 1 amide bonds. The van der Waals surface area contributed by atoms with Crippen molar-refractivity contribution in [2.24, 2.45) is 0 Å². The van der Waals surface area contributed by atoms with Crippen LogP contribution in [0.5, 0.6) is 0 Å². The number of carbonyl (C=O) groups excluding carboxylic acids is 1. The maximum atomic E-state index is 12.5. The molecule has 1 fully saturated rings. The normalized spacial score (nSPS) is 20.6. The van der Waals surface area contributed by atoms with Crippen LogP contribution < -0.4 is 5.32 Å². The fourth-order valence-electron chi connectivity index (χ4n) is 2.23. The van der Waals surface area contributed by atoms with Crippen LogP contribution in [0.15, 0.2) is 23.2 Å². The molecule has 2 rings (SSSR count). The van der Waals surface area contributed by atoms with E-state index in [-0.39, 0.29) is 28.5 Å². The molecule has 1 aromatic rings. The Morgan fingerprint density at radius 2 is 2.25 bits per heavy atom. The molecule has 20 heavy (non-hydrogen) atoms. The molecule has 1 saturated heterocycles. The molecule has 0 aromatic carbocycles. The summed E-state index contributed by atoms with van der Waals surface area (Å²) in [5.41, 5.74) is 0. The zero-order valence-corrected chi connectivity index (χ0v) is 12.6. The van der Waals surface area contributed by atoms with Crippen molar-refractivity contribution in [2.75, 3.05) is 13.1 Å². The van der Waals surface area contributed by atoms with E-state index in [9.17, 15) is 13.2 Å². The highest BCUT2D eigenvalue weighted by Gasteiger charge is 2.30. The van der Waals surface area contributed by atoms with Gasteiger partial charge in [0.05, 0.1) is 0 Å². The van der Waals surface area contributed by atoms with Crippen LogP contribution in [0.1, 0.15) is 19.8 Å². The highest BCUT2D eigenvalue weighted by Crippen LogP contribution is 2.21. The average molecular weight is 318 g/mol. The predicted molar refractivity (Wildman–Crippen MR) is 74.8 cm³/mol. The monoisotopic (exact) mass is 317 g/mol. The molecule has 2 heterocycles. The number of rotatable bonds is 3. The molecule has 1 aliphatic rings. The maximum Gasteiger partial charge on any atom is 0.244 e. The van der Waals surface area contributed by atoms with Gasteiger partial charge in [-0.1, -0.05) is 11.6 Å². The van der Waals surface area contributed by atoms with E-state index >= 15 is 0 Å². The van der Waals surface area contributed by atoms with Crippen LogP contribution in [0, 0.1) is 0 Å². The lowest BCUT2D eigenvalue weighted by atomic mass is 10.1. The molecule has 1 N–H and O–H groups in total. The van der Waals surface area contributed by atoms with Gasteiger partial charge in [0.15, 0.2) is 0 Å². The van der Waals surface area contributed by atoms with Gasteiger partial charge in [-0.15, -0.1) is 0 Å². The van der Waals surface area contributed by atoms with Crippen molar-refractivity contribution in [1.82, 2.24) is 14.6 Å². The quantitative estimate of drug-likeness (QED) is 0.844. The minimum Gasteiger partial charge on any atom is -0.352 e. The summed E-state index contributed by atoms with van der Waals surface area (Å²) >= 11 is 5.66. The third-order valence-electron chi connectivity index (χ3n) is 3.13. The number of hydrogen-bond donors (Lipinski definition) is 1. The molecular formula is C12H16ClN3O3S. The van der Waals surface area contributed by atoms with Crippen molar-refractivity contribution < 1.29 is 13.2 Å². The van der Waals surface area contributed by atoms with Gasteiger partial charge in [-0.25, -0.2) is 13.4 Å². The molecule has 0 saturated carbocycles. The van der Waals surface area contributed by atoms with E-state index in [1.807, 2.05) is 0 Å². The lowest BCUT2D eigenvalue weighted by molar-refractivity contribution is -0.119. The fraction of sp³-hybridized carbons (Fsp3) is 0.500. The third-order valence-corrected chi connectivity index (χ3v) is 5.20. The molecule has 0 unspecified atom stereocenters. The van der Waals surface area contributed by atoms with E-state index in [1.54, 1.807) is 0 Å². The summed E-state index contributed by atoms with van der Waals surface area (Å²) in [5.74, 6) is -0.151. The molecule has 8 heteroatoms. The van der Waals surface area contributed by atoms with Crippen molar-refractivity contribution in [1.29, 1.82) is 0 Å². The maximum absolute atomic E-state index is 12.5. The summed E-state index contributed by atoms with van der Waals surface area (Å²) < 4.78 is 26.3. The number of sulfonamides is 1. The molecule has 6 nitrogen and oxygen atoms in total. The Morgan fingerprint density at radius 1 is 1.50 bits per heavy atom. The summed E-state index contributed by atoms with van der Waals surface area (Å²) in [6.45, 7) is 2.15. The molecule has 0 spiro atoms. The van der Waals surface area contributed by atoms with Gasteiger partial charge >= 0.3 is 0 Å². The zero-order chi connectivity index (χ0) is 14.8. The fourth-order valence-corrected chi connectivity index (χ4v) is 3.81. The van der Waals surface area contributed by atoms with Gasteiger partial charge in [-0.3, -0.25) is 4.79 Å². The Labute approximate surface area is 123 Å². The first-order valence-corrected chi connectivity index (χ1v) is 8.10. The number of nitrogens with zero attached hydrogens (tertiary/aromatic N) is 2. The Bertz CT molecular complexity index is 588. The van der Waals surface area contributed by atoms with Crippen molar-refractivity contribution in [3.63, 3.8) is 0 Å². The smallest absolute Gasteiger partial charge is 0.244 e. The number of pyridine rings is 1. The second kappa shape index (κ2) is 6.07. The van der Waals surface area contributed by atoms with Gasteiger partial charge in [0.1, 0.15) is 10.0 Å². The number of amides is 1. The summed E-state index contributed by atoms with van der Waals surface area (Å²) in [7, 11) is -3.59. The standard InChI is InChI=1S/C12H16ClN3O3S/c1-9(17)15-10-3-2-6-16(8-10)20(18,19)11-4-5-12(13)14-7-11/h4-5,7,10H,2-3,6,8H2,1H3,(H,15,17)/t10-/m0/s1. The van der Waals surface area contributed by atoms with Crippen LogP contribution >= 0.6 is 11.6 Å². The van der Waals surface area contributed by atoms with Crippen molar-refractivity contribution in [2.45, 2.75) is 30.7 Å². The second-order valence-electron chi connectivity index (χ2n) is 4.72. The predicted octanol–water partition coefficient (Wildman–Crippen LogP) is 1.02. The molecule has 0 radical (unpaired) electrons. The first-order chi connectivity index (χ1) is 9.39. The van der Waals surface area contributed by atoms with Gasteiger partial charge in [0.2, 0.25) is 15.9 Å². The lowest BCUT2D eigenvalue weighted by Crippen LogP contribution is -2.49. The van der Waals surface area contributed by atoms with Crippen molar-refractivity contribution in [3.05, 3.63) is 23.5 Å². The van der Waals surface area contributed by atoms with Gasteiger partial charge in [0, 0.05) is 32.3 Å². The van der Waals surface area contributed by atoms with Crippen LogP contribution in [0.2, 0.25) is 5.15 Å². The number of carbonyl (C=O) groups is 1. The molecule has 1 aromatic heterocycles. The second-order valence-corrected chi connectivity index (χ2v) is 7.04. The number of piperidine rings is 1. The minimum absolute atomic E-state index is 0.116. The van der Waals surface area contributed by atoms with Crippen LogP contribution in [0.3, 0.4) is 0 Å². The Kier molecular flexibility index (Phi) is 4.62. The summed E-state index contributed by atoms with van der Waals surface area (Å²) in [6, 6.07) is 2.74. The molecule has 0 bridgehead atoms. The van der Waals surface area contributed by atoms with E-state index in [0.717, 1.165) is 6.42 Å². The third kappa shape index (κ3) is 3.47. The van der Waals surface area contributed by atoms with E-state index < -0.39 is 10.0 Å². The summed E-state index contributed by atoms with van der Waals surface area (Å²) in [5, 5.41) is 3.01. The Hall–Kier alpha value is -1.18. The Balaban J connectivity index is 2.16. The summed E-state index contributed by atoms with van der Waals surface area (Å²) in [6.07, 6.45) is 2.75. The van der Waals surface area contributed by atoms with E-state index in [2.05, 4.69) is 10.3 Å². The van der Waals surface area contributed by atoms with Crippen LogP contribution in [-0.4, -0.2) is 42.7 Å². The zero-order valence-electron chi connectivity index (χ0n) is 11.0. The van der Waals surface area contributed by atoms with Crippen LogP contribution in [0.4, 0.5) is 0 Å². The van der Waals surface area contributed by atoms with E-state index in [0.29, 0.717) is 13.0 Å². The highest BCUT2D eigenvalue weighted by molar-refractivity contribution is 7.89. The largest absolute Gasteiger partial charge is 0.352 e. The van der Waals surface area contributed by atoms with Crippen molar-refractivity contribution >= 4 is 27.5 Å². The van der Waals surface area contributed by atoms with Crippen LogP contribution in [0.25, 0.3) is 0 Å². The molecule has 1 aliphatic heterocycles. The number of halogens is 1. The van der Waals surface area contributed by atoms with Gasteiger partial charge in [0.25, 0.3) is 0 Å². The molecule has 0 aliphatic carbocycles. The van der Waals surface area contributed by atoms with Crippen molar-refractivity contribution in [3.8, 4) is 0 Å². The topological polar surface area (TPSA) is 79.4 Å². The first-order valence-electron chi connectivity index (χ1n) is 6.28. The number of hydrogen-bond acceptors (Lipinski definition) is 4. The minimum atomic E-state index is -3.59. The Morgan fingerprint density at radius 3 is 2.85 bits per heavy atom. The highest BCUT2D eigenvalue weighted by atomic mass is 35.5. The SMILES string of the molecule is CC(=O)N[C@H]1CCCN(S(=O)(=O)c2ccc(Cl)nc2)C1. The average Bonchev–Trinajstić information content (AvgIpc) is 2.39. The van der Waals surface area contributed by atoms with Crippen LogP contribution in [-0.2, 0) is 14.8 Å².